The zero-order chi connectivity index (χ0) is 0. The molecule has 0 aliphatic rings. The van der Waals surface area contributed by atoms with Crippen LogP contribution in [0.4, 0.5) is 0 Å². The summed E-state index contributed by atoms with van der Waals surface area (Å²) in [6.07, 6.45) is 0. The fourth-order valence-corrected chi connectivity index (χ4v) is 0. The van der Waals surface area contributed by atoms with E-state index in [2.05, 4.69) is 0 Å². The summed E-state index contributed by atoms with van der Waals surface area (Å²) in [5, 5.41) is 0. The smallest absolute Gasteiger partial charge is 0 e. The summed E-state index contributed by atoms with van der Waals surface area (Å²) in [5.41, 5.74) is 0. The molecule has 0 saturated heterocycles. The van der Waals surface area contributed by atoms with Gasteiger partial charge in [-0.1, -0.05) is 0 Å². The molecule has 0 rings (SSSR count). The van der Waals surface area contributed by atoms with Crippen molar-refractivity contribution in [2.24, 2.45) is 0 Å². The highest BCUT2D eigenvalue weighted by molar-refractivity contribution is 5.76. The minimum absolute atomic E-state index is 0. The van der Waals surface area contributed by atoms with Crippen molar-refractivity contribution >= 4 is 19.4 Å². The fraction of sp³-hybridized carbons (Fsp3) is 0. The summed E-state index contributed by atoms with van der Waals surface area (Å²) in [4.78, 5) is 0. The molecule has 16 valence electrons. The van der Waals surface area contributed by atoms with Gasteiger partial charge < -0.3 is 0 Å². The lowest BCUT2D eigenvalue weighted by Gasteiger charge is -0.00100. The van der Waals surface area contributed by atoms with Crippen LogP contribution in [0, 0.1) is 7.43 Å². The van der Waals surface area contributed by atoms with Gasteiger partial charge in [-0.15, -0.1) is 0 Å². The second-order valence-corrected chi connectivity index (χ2v) is 0. The summed E-state index contributed by atoms with van der Waals surface area (Å²) < 4.78 is 0. The lowest BCUT2D eigenvalue weighted by atomic mass is 10.8. The maximum absolute atomic E-state index is 0. The summed E-state index contributed by atoms with van der Waals surface area (Å²) in [6.45, 7) is 0. The van der Waals surface area contributed by atoms with E-state index in [1.807, 2.05) is 0 Å². The predicted octanol–water partition coefficient (Wildman–Crippen LogP) is -1.16. The SMILES string of the molecule is [B].[C].[N].[Si]. The third kappa shape index (κ3) is 59.1. The second-order valence-electron chi connectivity index (χ2n) is 0. The van der Waals surface area contributed by atoms with E-state index in [4.69, 9.17) is 0 Å². The summed E-state index contributed by atoms with van der Waals surface area (Å²) in [7, 11) is 0. The van der Waals surface area contributed by atoms with Gasteiger partial charge in [0.15, 0.2) is 0 Å². The summed E-state index contributed by atoms with van der Waals surface area (Å²) >= 11 is 0. The molecule has 0 atom stereocenters. The first kappa shape index (κ1) is 762. The number of nitrogens with zero attached hydrogens (tertiary/aromatic N) is 1. The van der Waals surface area contributed by atoms with Gasteiger partial charge in [0, 0.05) is 33.0 Å². The van der Waals surface area contributed by atoms with Crippen molar-refractivity contribution in [3.8, 4) is 0 Å². The third-order valence-corrected chi connectivity index (χ3v) is 0. The highest BCUT2D eigenvalue weighted by atomic mass is 28.1. The quantitative estimate of drug-likeness (QED) is 0.319. The minimum Gasteiger partial charge on any atom is 0 e. The second kappa shape index (κ2) is 279. The molecule has 0 aromatic heterocycles. The molecule has 0 amide bonds. The van der Waals surface area contributed by atoms with Crippen LogP contribution < -0.4 is 6.15 Å². The van der Waals surface area contributed by atoms with Crippen molar-refractivity contribution in [2.75, 3.05) is 0 Å². The molecule has 0 spiro atoms. The van der Waals surface area contributed by atoms with Crippen molar-refractivity contribution in [3.63, 3.8) is 0 Å². The van der Waals surface area contributed by atoms with Crippen LogP contribution in [0.2, 0.25) is 0 Å². The highest BCUT2D eigenvalue weighted by Gasteiger charge is 0.00300. The Hall–Kier alpha value is 0.242. The van der Waals surface area contributed by atoms with Crippen LogP contribution in [-0.2, 0) is 0 Å². The zero-order valence-corrected chi connectivity index (χ0v) is 3.02. The van der Waals surface area contributed by atoms with Crippen LogP contribution in [0.25, 0.3) is 0 Å². The Morgan fingerprint density at radius 3 is 1.00 bits per heavy atom. The van der Waals surface area contributed by atoms with Crippen molar-refractivity contribution < 1.29 is 0 Å². The van der Waals surface area contributed by atoms with Gasteiger partial charge in [0.2, 0.25) is 0 Å². The van der Waals surface area contributed by atoms with E-state index < -0.39 is 0 Å². The fourth-order valence-electron chi connectivity index (χ4n) is 0. The molecule has 1 nitrogen and oxygen atoms in total. The first-order valence-corrected chi connectivity index (χ1v) is 0. The average Bonchev–Trinajstić information content (AvgIpc) is 0. The lowest BCUT2D eigenvalue weighted by Crippen LogP contribution is -0.481. The van der Waals surface area contributed by atoms with Gasteiger partial charge in [-0.2, -0.15) is 0 Å². The molecule has 0 N–H and O–H groups in total. The van der Waals surface area contributed by atoms with E-state index in [1.54, 1.807) is 0 Å². The van der Waals surface area contributed by atoms with Crippen LogP contribution in [-0.4, -0.2) is 19.4 Å². The molecule has 0 fully saturated rings. The van der Waals surface area contributed by atoms with Gasteiger partial charge in [-0.05, 0) is 0 Å². The number of rotatable bonds is 0. The molecule has 0 aromatic carbocycles. The monoisotopic (exact) mass is 65.0 g/mol. The van der Waals surface area contributed by atoms with Crippen molar-refractivity contribution in [2.45, 2.75) is 0 Å². The minimum atomic E-state index is 0. The first-order chi connectivity index (χ1) is 0. The average molecular weight is 64.9 g/mol. The molecule has 0 unspecified atom stereocenters. The molecule has 0 aliphatic heterocycles. The Labute approximate surface area is 34.0 Å². The molecule has 0 bridgehead atoms. The lowest BCUT2D eigenvalue weighted by molar-refractivity contribution is 2.13. The third-order valence-electron chi connectivity index (χ3n) is 0. The largest absolute Gasteiger partial charge is 0 e. The maximum Gasteiger partial charge on any atom is 0 e. The molecular weight excluding hydrogens is 64.9 g/mol. The van der Waals surface area contributed by atoms with Crippen molar-refractivity contribution in [1.82, 2.24) is 6.15 Å². The van der Waals surface area contributed by atoms with E-state index in [-0.39, 0.29) is 33.0 Å². The van der Waals surface area contributed by atoms with E-state index in [9.17, 15) is 0 Å². The van der Waals surface area contributed by atoms with Crippen LogP contribution >= 0.6 is 0 Å². The predicted molar refractivity (Wildman–Crippen MR) is 16.9 cm³/mol. The Morgan fingerprint density at radius 1 is 1.00 bits per heavy atom. The molecule has 0 saturated carbocycles. The molecular formula is CBNSi. The van der Waals surface area contributed by atoms with Crippen molar-refractivity contribution in [3.05, 3.63) is 7.43 Å². The Morgan fingerprint density at radius 2 is 1.00 bits per heavy atom. The molecule has 4 heavy (non-hydrogen) atoms. The number of hydrogen-bond acceptors (Lipinski definition) is 0. The standard InChI is InChI=1S/C.B.N.Si. The Balaban J connectivity index is 0. The summed E-state index contributed by atoms with van der Waals surface area (Å²) in [6, 6.07) is 0. The number of hydrogen-bond donors (Lipinski definition) is 0. The van der Waals surface area contributed by atoms with Crippen molar-refractivity contribution in [1.29, 1.82) is 0 Å². The molecule has 0 heterocycles. The topological polar surface area (TPSA) is 30.5 Å². The van der Waals surface area contributed by atoms with Gasteiger partial charge in [0.25, 0.3) is 0 Å². The molecule has 14 radical (unpaired) electrons. The van der Waals surface area contributed by atoms with Gasteiger partial charge in [-0.25, -0.2) is 0 Å². The van der Waals surface area contributed by atoms with Gasteiger partial charge in [0.1, 0.15) is 0 Å². The zero-order valence-electron chi connectivity index (χ0n) is 2.02. The van der Waals surface area contributed by atoms with E-state index in [0.29, 0.717) is 0 Å². The van der Waals surface area contributed by atoms with E-state index >= 15 is 0 Å². The van der Waals surface area contributed by atoms with E-state index in [0.717, 1.165) is 0 Å². The molecule has 0 aliphatic carbocycles. The molecule has 3 heteroatoms. The van der Waals surface area contributed by atoms with Gasteiger partial charge in [0.05, 0.1) is 0 Å². The van der Waals surface area contributed by atoms with Gasteiger partial charge in [-0.3, -0.25) is 0 Å². The highest BCUT2D eigenvalue weighted by Crippen LogP contribution is 0.0813. The van der Waals surface area contributed by atoms with Crippen LogP contribution in [0.1, 0.15) is 0 Å². The van der Waals surface area contributed by atoms with Crippen LogP contribution in [0.3, 0.4) is 0 Å². The summed E-state index contributed by atoms with van der Waals surface area (Å²) in [5.74, 6) is 0. The van der Waals surface area contributed by atoms with Crippen LogP contribution in [0.5, 0.6) is 0 Å². The Kier molecular flexibility index (Phi) is 53100. The Bertz CT molecular complexity index is 8.00. The van der Waals surface area contributed by atoms with Gasteiger partial charge >= 0.3 is 0 Å². The van der Waals surface area contributed by atoms with Crippen LogP contribution in [0.15, 0.2) is 0 Å². The maximum atomic E-state index is 0. The molecule has 0 aromatic rings. The normalized spacial score (nSPS) is 0. The first-order valence-electron chi connectivity index (χ1n) is 0. The van der Waals surface area contributed by atoms with E-state index in [1.165, 1.54) is 0 Å².